The molecule has 0 saturated carbocycles. The fourth-order valence-corrected chi connectivity index (χ4v) is 3.73. The summed E-state index contributed by atoms with van der Waals surface area (Å²) < 4.78 is 0. The lowest BCUT2D eigenvalue weighted by Crippen LogP contribution is -2.47. The summed E-state index contributed by atoms with van der Waals surface area (Å²) in [6, 6.07) is 13.2. The van der Waals surface area contributed by atoms with E-state index < -0.39 is 9.85 Å². The van der Waals surface area contributed by atoms with Crippen LogP contribution < -0.4 is 15.1 Å². The van der Waals surface area contributed by atoms with Crippen molar-refractivity contribution in [2.45, 2.75) is 0 Å². The molecular formula is C20H18ClN7O4. The van der Waals surface area contributed by atoms with Crippen molar-refractivity contribution >= 4 is 46.0 Å². The Morgan fingerprint density at radius 3 is 2.31 bits per heavy atom. The van der Waals surface area contributed by atoms with Gasteiger partial charge in [0.1, 0.15) is 6.33 Å². The number of benzene rings is 2. The number of nitrogens with one attached hydrogen (secondary N) is 1. The number of nitro benzene ring substituents is 1. The zero-order valence-electron chi connectivity index (χ0n) is 16.7. The number of nitrogens with zero attached hydrogens (tertiary/aromatic N) is 6. The van der Waals surface area contributed by atoms with E-state index in [0.29, 0.717) is 36.9 Å². The minimum Gasteiger partial charge on any atom is -0.368 e. The Balaban J connectivity index is 1.57. The van der Waals surface area contributed by atoms with Gasteiger partial charge in [-0.2, -0.15) is 0 Å². The van der Waals surface area contributed by atoms with Crippen LogP contribution in [0.25, 0.3) is 0 Å². The molecule has 1 saturated heterocycles. The van der Waals surface area contributed by atoms with Gasteiger partial charge in [-0.15, -0.1) is 0 Å². The molecule has 1 aliphatic rings. The number of nitro groups is 2. The first-order chi connectivity index (χ1) is 15.4. The van der Waals surface area contributed by atoms with Gasteiger partial charge in [-0.1, -0.05) is 23.7 Å². The van der Waals surface area contributed by atoms with Gasteiger partial charge in [-0.05, 0) is 24.3 Å². The second-order valence-corrected chi connectivity index (χ2v) is 7.47. The Bertz CT molecular complexity index is 1170. The third-order valence-corrected chi connectivity index (χ3v) is 5.29. The fraction of sp³-hybridized carbons (Fsp3) is 0.200. The van der Waals surface area contributed by atoms with Crippen LogP contribution in [0.1, 0.15) is 0 Å². The smallest absolute Gasteiger partial charge is 0.353 e. The molecule has 0 spiro atoms. The summed E-state index contributed by atoms with van der Waals surface area (Å²) in [5.41, 5.74) is 0.888. The average molecular weight is 456 g/mol. The molecule has 2 aromatic carbocycles. The molecule has 0 bridgehead atoms. The number of hydrogen-bond donors (Lipinski definition) is 1. The van der Waals surface area contributed by atoms with E-state index in [9.17, 15) is 20.2 Å². The van der Waals surface area contributed by atoms with Crippen molar-refractivity contribution in [2.24, 2.45) is 0 Å². The van der Waals surface area contributed by atoms with Crippen LogP contribution in [0.15, 0.2) is 54.9 Å². The second-order valence-electron chi connectivity index (χ2n) is 7.04. The molecule has 0 aliphatic carbocycles. The molecule has 1 N–H and O–H groups in total. The molecule has 11 nitrogen and oxygen atoms in total. The maximum Gasteiger partial charge on any atom is 0.353 e. The first-order valence-electron chi connectivity index (χ1n) is 9.68. The summed E-state index contributed by atoms with van der Waals surface area (Å²) in [5, 5.41) is 26.4. The predicted octanol–water partition coefficient (Wildman–Crippen LogP) is 4.02. The van der Waals surface area contributed by atoms with Gasteiger partial charge in [-0.3, -0.25) is 20.2 Å². The highest BCUT2D eigenvalue weighted by Crippen LogP contribution is 2.35. The molecule has 0 amide bonds. The molecule has 3 aromatic rings. The van der Waals surface area contributed by atoms with Crippen molar-refractivity contribution < 1.29 is 9.85 Å². The number of piperazine rings is 1. The van der Waals surface area contributed by atoms with Crippen LogP contribution in [-0.4, -0.2) is 46.0 Å². The zero-order chi connectivity index (χ0) is 22.7. The molecule has 1 fully saturated rings. The maximum atomic E-state index is 11.9. The Kier molecular flexibility index (Phi) is 5.99. The molecule has 0 unspecified atom stereocenters. The van der Waals surface area contributed by atoms with E-state index in [2.05, 4.69) is 20.2 Å². The molecule has 0 atom stereocenters. The van der Waals surface area contributed by atoms with Crippen molar-refractivity contribution in [3.8, 4) is 0 Å². The van der Waals surface area contributed by atoms with E-state index in [-0.39, 0.29) is 23.0 Å². The van der Waals surface area contributed by atoms with E-state index >= 15 is 0 Å². The van der Waals surface area contributed by atoms with Gasteiger partial charge in [0.05, 0.1) is 9.85 Å². The first-order valence-corrected chi connectivity index (χ1v) is 10.1. The largest absolute Gasteiger partial charge is 0.368 e. The molecule has 12 heteroatoms. The molecular weight excluding hydrogens is 438 g/mol. The van der Waals surface area contributed by atoms with Crippen LogP contribution in [0.2, 0.25) is 5.02 Å². The van der Waals surface area contributed by atoms with Crippen LogP contribution >= 0.6 is 11.6 Å². The Morgan fingerprint density at radius 1 is 0.906 bits per heavy atom. The van der Waals surface area contributed by atoms with Crippen LogP contribution in [0.5, 0.6) is 0 Å². The molecule has 1 aromatic heterocycles. The zero-order valence-corrected chi connectivity index (χ0v) is 17.5. The van der Waals surface area contributed by atoms with Crippen molar-refractivity contribution in [2.75, 3.05) is 41.3 Å². The summed E-state index contributed by atoms with van der Waals surface area (Å²) in [6.45, 7) is 2.30. The van der Waals surface area contributed by atoms with Crippen molar-refractivity contribution in [1.29, 1.82) is 0 Å². The number of non-ortho nitro benzene ring substituents is 1. The van der Waals surface area contributed by atoms with Gasteiger partial charge < -0.3 is 15.1 Å². The summed E-state index contributed by atoms with van der Waals surface area (Å²) in [7, 11) is 0. The minimum absolute atomic E-state index is 0.0298. The second kappa shape index (κ2) is 9.02. The molecule has 32 heavy (non-hydrogen) atoms. The highest BCUT2D eigenvalue weighted by Gasteiger charge is 2.29. The number of hydrogen-bond acceptors (Lipinski definition) is 9. The first kappa shape index (κ1) is 21.2. The summed E-state index contributed by atoms with van der Waals surface area (Å²) >= 11 is 6.08. The van der Waals surface area contributed by atoms with Gasteiger partial charge >= 0.3 is 5.69 Å². The van der Waals surface area contributed by atoms with E-state index in [4.69, 9.17) is 11.6 Å². The van der Waals surface area contributed by atoms with Gasteiger partial charge in [0.25, 0.3) is 5.69 Å². The van der Waals surface area contributed by atoms with E-state index in [1.54, 1.807) is 12.1 Å². The van der Waals surface area contributed by atoms with Crippen molar-refractivity contribution in [3.05, 3.63) is 80.1 Å². The fourth-order valence-electron chi connectivity index (χ4n) is 3.54. The maximum absolute atomic E-state index is 11.9. The Hall–Kier alpha value is -3.99. The topological polar surface area (TPSA) is 131 Å². The van der Waals surface area contributed by atoms with Gasteiger partial charge in [-0.25, -0.2) is 9.97 Å². The Morgan fingerprint density at radius 2 is 1.62 bits per heavy atom. The normalized spacial score (nSPS) is 13.7. The van der Waals surface area contributed by atoms with Crippen molar-refractivity contribution in [3.63, 3.8) is 0 Å². The van der Waals surface area contributed by atoms with Gasteiger partial charge in [0.2, 0.25) is 11.6 Å². The predicted molar refractivity (Wildman–Crippen MR) is 121 cm³/mol. The number of aromatic nitrogens is 2. The van der Waals surface area contributed by atoms with Gasteiger partial charge in [0.15, 0.2) is 0 Å². The average Bonchev–Trinajstić information content (AvgIpc) is 2.79. The van der Waals surface area contributed by atoms with Crippen LogP contribution in [0.3, 0.4) is 0 Å². The monoisotopic (exact) mass is 455 g/mol. The van der Waals surface area contributed by atoms with E-state index in [1.165, 1.54) is 24.5 Å². The van der Waals surface area contributed by atoms with Crippen LogP contribution in [0, 0.1) is 20.2 Å². The SMILES string of the molecule is O=[N+]([O-])c1cccc(Nc2ncnc(N3CCN(c4cccc(Cl)c4)CC3)c2[N+](=O)[O-])c1. The number of halogens is 1. The third kappa shape index (κ3) is 4.52. The molecule has 164 valence electrons. The summed E-state index contributed by atoms with van der Waals surface area (Å²) in [6.07, 6.45) is 1.24. The minimum atomic E-state index is -0.543. The van der Waals surface area contributed by atoms with Gasteiger partial charge in [0, 0.05) is 54.7 Å². The highest BCUT2D eigenvalue weighted by molar-refractivity contribution is 6.30. The summed E-state index contributed by atoms with van der Waals surface area (Å²) in [5.74, 6) is 0.168. The molecule has 0 radical (unpaired) electrons. The quantitative estimate of drug-likeness (QED) is 0.432. The lowest BCUT2D eigenvalue weighted by Gasteiger charge is -2.36. The lowest BCUT2D eigenvalue weighted by molar-refractivity contribution is -0.384. The number of rotatable bonds is 6. The highest BCUT2D eigenvalue weighted by atomic mass is 35.5. The number of anilines is 4. The lowest BCUT2D eigenvalue weighted by atomic mass is 10.2. The van der Waals surface area contributed by atoms with Crippen LogP contribution in [-0.2, 0) is 0 Å². The van der Waals surface area contributed by atoms with Crippen LogP contribution in [0.4, 0.5) is 34.4 Å². The van der Waals surface area contributed by atoms with E-state index in [1.807, 2.05) is 23.1 Å². The third-order valence-electron chi connectivity index (χ3n) is 5.06. The molecule has 2 heterocycles. The molecule has 1 aliphatic heterocycles. The summed E-state index contributed by atoms with van der Waals surface area (Å²) in [4.78, 5) is 34.0. The standard InChI is InChI=1S/C20H18ClN7O4/c21-14-3-1-5-16(11-14)25-7-9-26(10-8-25)20-18(28(31)32)19(22-13-23-20)24-15-4-2-6-17(12-15)27(29)30/h1-6,11-13H,7-10H2,(H,22,23,24). The Labute approximate surface area is 187 Å². The van der Waals surface area contributed by atoms with Crippen molar-refractivity contribution in [1.82, 2.24) is 9.97 Å². The van der Waals surface area contributed by atoms with E-state index in [0.717, 1.165) is 5.69 Å². The molecule has 4 rings (SSSR count).